The molecule has 0 bridgehead atoms. The fourth-order valence-corrected chi connectivity index (χ4v) is 6.12. The van der Waals surface area contributed by atoms with Gasteiger partial charge >= 0.3 is 7.60 Å². The Labute approximate surface area is 260 Å². The molecule has 0 radical (unpaired) electrons. The largest absolute Gasteiger partial charge is 0.489 e. The minimum Gasteiger partial charge on any atom is -0.489 e. The Morgan fingerprint density at radius 2 is 1.40 bits per heavy atom. The van der Waals surface area contributed by atoms with Crippen molar-refractivity contribution in [1.29, 1.82) is 0 Å². The average Bonchev–Trinajstić information content (AvgIpc) is 2.94. The smallest absolute Gasteiger partial charge is 0.328 e. The molecule has 2 aromatic carbocycles. The Bertz CT molecular complexity index is 1100. The predicted octanol–water partition coefficient (Wildman–Crippen LogP) is 7.93. The van der Waals surface area contributed by atoms with E-state index in [2.05, 4.69) is 44.3 Å². The van der Waals surface area contributed by atoms with E-state index in [4.69, 9.17) is 4.74 Å². The van der Waals surface area contributed by atoms with Gasteiger partial charge in [-0.1, -0.05) is 120 Å². The first-order chi connectivity index (χ1) is 20.6. The third-order valence-corrected chi connectivity index (χ3v) is 8.86. The van der Waals surface area contributed by atoms with Crippen LogP contribution in [0.5, 0.6) is 5.75 Å². The van der Waals surface area contributed by atoms with Gasteiger partial charge in [-0.15, -0.1) is 0 Å². The second kappa shape index (κ2) is 20.7. The number of unbranched alkanes of at least 4 members (excludes halogenated alkanes) is 12. The van der Waals surface area contributed by atoms with Crippen LogP contribution >= 0.6 is 7.60 Å². The summed E-state index contributed by atoms with van der Waals surface area (Å²) in [5, 5.41) is 13.5. The minimum absolute atomic E-state index is 0.203. The molecule has 0 aliphatic heterocycles. The number of benzene rings is 2. The number of hydrogen-bond donors (Lipinski definition) is 4. The predicted molar refractivity (Wildman–Crippen MR) is 176 cm³/mol. The molecule has 0 aliphatic rings. The number of carbonyl (C=O) groups excluding carboxylic acids is 1. The molecule has 0 aromatic heterocycles. The zero-order valence-electron chi connectivity index (χ0n) is 26.7. The van der Waals surface area contributed by atoms with Crippen molar-refractivity contribution in [3.8, 4) is 5.75 Å². The van der Waals surface area contributed by atoms with Crippen molar-refractivity contribution in [3.05, 3.63) is 64.7 Å². The highest BCUT2D eigenvalue weighted by Crippen LogP contribution is 2.36. The van der Waals surface area contributed by atoms with Gasteiger partial charge in [0.2, 0.25) is 5.91 Å². The van der Waals surface area contributed by atoms with E-state index >= 15 is 0 Å². The Morgan fingerprint density at radius 1 is 0.837 bits per heavy atom. The SMILES string of the molecule is CCCCCCCCCCCCCCCC(=O)N[C@@H](Cc1ccc(OCc2ccc(C)cc2C)cc1)[C@H](O)CP(=O)(O)O. The minimum atomic E-state index is -4.45. The molecule has 1 amide bonds. The molecule has 43 heavy (non-hydrogen) atoms. The fourth-order valence-electron chi connectivity index (χ4n) is 5.38. The van der Waals surface area contributed by atoms with Crippen LogP contribution in [0.15, 0.2) is 42.5 Å². The Morgan fingerprint density at radius 3 is 1.93 bits per heavy atom. The third-order valence-electron chi connectivity index (χ3n) is 8.01. The van der Waals surface area contributed by atoms with Gasteiger partial charge in [0.05, 0.1) is 18.3 Å². The molecule has 0 heterocycles. The van der Waals surface area contributed by atoms with Crippen molar-refractivity contribution in [2.75, 3.05) is 6.16 Å². The highest BCUT2D eigenvalue weighted by atomic mass is 31.2. The first kappa shape index (κ1) is 37.0. The quantitative estimate of drug-likeness (QED) is 0.0743. The van der Waals surface area contributed by atoms with E-state index in [0.717, 1.165) is 30.4 Å². The molecule has 2 aromatic rings. The van der Waals surface area contributed by atoms with E-state index < -0.39 is 25.9 Å². The molecule has 0 saturated carbocycles. The summed E-state index contributed by atoms with van der Waals surface area (Å²) in [7, 11) is -4.45. The van der Waals surface area contributed by atoms with Crippen molar-refractivity contribution >= 4 is 13.5 Å². The molecule has 0 unspecified atom stereocenters. The lowest BCUT2D eigenvalue weighted by Crippen LogP contribution is -2.46. The Hall–Kier alpha value is -2.18. The molecule has 2 rings (SSSR count). The van der Waals surface area contributed by atoms with Gasteiger partial charge in [0.1, 0.15) is 12.4 Å². The Kier molecular flexibility index (Phi) is 17.8. The normalized spacial score (nSPS) is 13.1. The summed E-state index contributed by atoms with van der Waals surface area (Å²) in [5.74, 6) is 0.494. The highest BCUT2D eigenvalue weighted by molar-refractivity contribution is 7.51. The molecule has 0 aliphatic carbocycles. The number of ether oxygens (including phenoxy) is 1. The summed E-state index contributed by atoms with van der Waals surface area (Å²) in [5.41, 5.74) is 4.32. The molecular weight excluding hydrogens is 561 g/mol. The van der Waals surface area contributed by atoms with E-state index in [1.807, 2.05) is 24.3 Å². The number of aliphatic hydroxyl groups is 1. The van der Waals surface area contributed by atoms with Crippen molar-refractivity contribution in [1.82, 2.24) is 5.32 Å². The molecule has 0 fully saturated rings. The van der Waals surface area contributed by atoms with Crippen LogP contribution < -0.4 is 10.1 Å². The summed E-state index contributed by atoms with van der Waals surface area (Å²) in [4.78, 5) is 31.5. The van der Waals surface area contributed by atoms with Gasteiger partial charge in [0.15, 0.2) is 0 Å². The summed E-state index contributed by atoms with van der Waals surface area (Å²) >= 11 is 0. The number of aryl methyl sites for hydroxylation is 2. The van der Waals surface area contributed by atoms with E-state index in [1.165, 1.54) is 75.3 Å². The number of hydrogen-bond acceptors (Lipinski definition) is 4. The zero-order chi connectivity index (χ0) is 31.5. The maximum atomic E-state index is 12.7. The van der Waals surface area contributed by atoms with Crippen molar-refractivity contribution in [2.45, 2.75) is 136 Å². The van der Waals surface area contributed by atoms with E-state index in [-0.39, 0.29) is 12.3 Å². The number of aliphatic hydroxyl groups excluding tert-OH is 1. The van der Waals surface area contributed by atoms with Crippen LogP contribution in [0.3, 0.4) is 0 Å². The molecule has 242 valence electrons. The number of nitrogens with one attached hydrogen (secondary N) is 1. The fraction of sp³-hybridized carbons (Fsp3) is 0.629. The standard InChI is InChI=1S/C35H56NO6P/c1-4-5-6-7-8-9-10-11-12-13-14-15-16-17-35(38)36-33(34(37)27-43(39,40)41)25-30-19-22-32(23-20-30)42-26-31-21-18-28(2)24-29(31)3/h18-24,33-34,37H,4-17,25-27H2,1-3H3,(H,36,38)(H2,39,40,41)/t33-,34+/m0/s1. The van der Waals surface area contributed by atoms with Gasteiger partial charge in [0.25, 0.3) is 0 Å². The van der Waals surface area contributed by atoms with Crippen LogP contribution in [0.1, 0.15) is 119 Å². The number of carbonyl (C=O) groups is 1. The lowest BCUT2D eigenvalue weighted by molar-refractivity contribution is -0.122. The topological polar surface area (TPSA) is 116 Å². The van der Waals surface area contributed by atoms with Crippen LogP contribution in [-0.2, 0) is 22.4 Å². The van der Waals surface area contributed by atoms with Gasteiger partial charge in [-0.25, -0.2) is 0 Å². The monoisotopic (exact) mass is 617 g/mol. The average molecular weight is 618 g/mol. The summed E-state index contributed by atoms with van der Waals surface area (Å²) in [6.45, 7) is 6.81. The summed E-state index contributed by atoms with van der Waals surface area (Å²) < 4.78 is 17.5. The lowest BCUT2D eigenvalue weighted by atomic mass is 10.0. The second-order valence-corrected chi connectivity index (χ2v) is 13.8. The van der Waals surface area contributed by atoms with Gasteiger partial charge < -0.3 is 24.9 Å². The van der Waals surface area contributed by atoms with E-state index in [1.54, 1.807) is 0 Å². The van der Waals surface area contributed by atoms with E-state index in [9.17, 15) is 24.3 Å². The van der Waals surface area contributed by atoms with Crippen LogP contribution in [0.2, 0.25) is 0 Å². The van der Waals surface area contributed by atoms with E-state index in [0.29, 0.717) is 18.8 Å². The maximum Gasteiger partial charge on any atom is 0.328 e. The van der Waals surface area contributed by atoms with Crippen molar-refractivity contribution in [3.63, 3.8) is 0 Å². The Balaban J connectivity index is 1.75. The number of rotatable bonds is 23. The molecule has 7 nitrogen and oxygen atoms in total. The summed E-state index contributed by atoms with van der Waals surface area (Å²) in [6.07, 6.45) is 14.5. The van der Waals surface area contributed by atoms with Crippen molar-refractivity contribution < 1.29 is 29.0 Å². The zero-order valence-corrected chi connectivity index (χ0v) is 27.6. The van der Waals surface area contributed by atoms with Crippen LogP contribution in [0.4, 0.5) is 0 Å². The first-order valence-corrected chi connectivity index (χ1v) is 18.2. The highest BCUT2D eigenvalue weighted by Gasteiger charge is 2.28. The van der Waals surface area contributed by atoms with Crippen LogP contribution in [0.25, 0.3) is 0 Å². The lowest BCUT2D eigenvalue weighted by Gasteiger charge is -2.25. The maximum absolute atomic E-state index is 12.7. The van der Waals surface area contributed by atoms with Crippen molar-refractivity contribution in [2.24, 2.45) is 0 Å². The van der Waals surface area contributed by atoms with Gasteiger partial charge in [-0.2, -0.15) is 0 Å². The molecule has 0 saturated heterocycles. The van der Waals surface area contributed by atoms with Crippen LogP contribution in [0, 0.1) is 13.8 Å². The third kappa shape index (κ3) is 17.0. The molecule has 4 N–H and O–H groups in total. The van der Waals surface area contributed by atoms with Gasteiger partial charge in [-0.3, -0.25) is 9.36 Å². The molecular formula is C35H56NO6P. The molecule has 2 atom stereocenters. The number of amides is 1. The van der Waals surface area contributed by atoms with Crippen LogP contribution in [-0.4, -0.2) is 39.1 Å². The summed E-state index contributed by atoms with van der Waals surface area (Å²) in [6, 6.07) is 12.8. The second-order valence-electron chi connectivity index (χ2n) is 12.1. The molecule has 8 heteroatoms. The molecule has 0 spiro atoms. The van der Waals surface area contributed by atoms with Gasteiger partial charge in [0, 0.05) is 6.42 Å². The first-order valence-electron chi connectivity index (χ1n) is 16.4. The van der Waals surface area contributed by atoms with Gasteiger partial charge in [-0.05, 0) is 55.5 Å².